The zero-order chi connectivity index (χ0) is 13.2. The predicted molar refractivity (Wildman–Crippen MR) is 68.9 cm³/mol. The van der Waals surface area contributed by atoms with Crippen molar-refractivity contribution in [2.75, 3.05) is 19.6 Å². The van der Waals surface area contributed by atoms with Gasteiger partial charge < -0.3 is 16.0 Å². The van der Waals surface area contributed by atoms with Crippen LogP contribution in [-0.4, -0.2) is 37.5 Å². The molecule has 1 heterocycles. The Labute approximate surface area is 108 Å². The summed E-state index contributed by atoms with van der Waals surface area (Å²) in [7, 11) is 0. The molecule has 1 saturated carbocycles. The van der Waals surface area contributed by atoms with Gasteiger partial charge in [0.1, 0.15) is 0 Å². The summed E-state index contributed by atoms with van der Waals surface area (Å²) in [5.74, 6) is 0.0700. The van der Waals surface area contributed by atoms with Crippen molar-refractivity contribution in [3.8, 4) is 0 Å². The average Bonchev–Trinajstić information content (AvgIpc) is 3.00. The van der Waals surface area contributed by atoms with Crippen LogP contribution in [0.5, 0.6) is 0 Å². The maximum absolute atomic E-state index is 12.0. The second kappa shape index (κ2) is 5.26. The number of hydrogen-bond donors (Lipinski definition) is 3. The standard InChI is InChI=1S/C13H23N3O2/c1-9(2)16-11(17)8-15-12(18)10-7-13(10)3-5-14-6-4-13/h9-10,14H,3-8H2,1-2H3,(H,15,18)(H,16,17). The molecule has 5 heteroatoms. The van der Waals surface area contributed by atoms with E-state index in [9.17, 15) is 9.59 Å². The highest BCUT2D eigenvalue weighted by molar-refractivity contribution is 5.87. The molecule has 1 aliphatic carbocycles. The van der Waals surface area contributed by atoms with Gasteiger partial charge in [-0.2, -0.15) is 0 Å². The highest BCUT2D eigenvalue weighted by Gasteiger charge is 2.57. The summed E-state index contributed by atoms with van der Waals surface area (Å²) >= 11 is 0. The largest absolute Gasteiger partial charge is 0.352 e. The fraction of sp³-hybridized carbons (Fsp3) is 0.846. The van der Waals surface area contributed by atoms with Gasteiger partial charge in [0.15, 0.2) is 0 Å². The minimum absolute atomic E-state index is 0.0517. The van der Waals surface area contributed by atoms with Crippen LogP contribution < -0.4 is 16.0 Å². The van der Waals surface area contributed by atoms with Crippen molar-refractivity contribution in [2.45, 2.75) is 39.2 Å². The Morgan fingerprint density at radius 3 is 2.61 bits per heavy atom. The van der Waals surface area contributed by atoms with Crippen LogP contribution in [0.3, 0.4) is 0 Å². The Bertz CT molecular complexity index is 335. The Morgan fingerprint density at radius 2 is 2.00 bits per heavy atom. The monoisotopic (exact) mass is 253 g/mol. The van der Waals surface area contributed by atoms with Crippen LogP contribution >= 0.6 is 0 Å². The van der Waals surface area contributed by atoms with Crippen molar-refractivity contribution < 1.29 is 9.59 Å². The van der Waals surface area contributed by atoms with Gasteiger partial charge in [0.25, 0.3) is 0 Å². The van der Waals surface area contributed by atoms with Crippen LogP contribution in [0.25, 0.3) is 0 Å². The smallest absolute Gasteiger partial charge is 0.239 e. The first-order chi connectivity index (χ1) is 8.53. The molecule has 1 atom stereocenters. The molecular formula is C13H23N3O2. The van der Waals surface area contributed by atoms with E-state index in [4.69, 9.17) is 0 Å². The summed E-state index contributed by atoms with van der Waals surface area (Å²) in [6, 6.07) is 0.117. The lowest BCUT2D eigenvalue weighted by atomic mass is 9.92. The molecule has 0 aromatic carbocycles. The van der Waals surface area contributed by atoms with E-state index in [0.717, 1.165) is 32.4 Å². The zero-order valence-electron chi connectivity index (χ0n) is 11.2. The first-order valence-corrected chi connectivity index (χ1v) is 6.81. The van der Waals surface area contributed by atoms with Gasteiger partial charge in [-0.15, -0.1) is 0 Å². The minimum Gasteiger partial charge on any atom is -0.352 e. The molecule has 0 aromatic heterocycles. The van der Waals surface area contributed by atoms with Crippen LogP contribution in [0.2, 0.25) is 0 Å². The van der Waals surface area contributed by atoms with Gasteiger partial charge in [-0.3, -0.25) is 9.59 Å². The van der Waals surface area contributed by atoms with E-state index in [1.54, 1.807) is 0 Å². The van der Waals surface area contributed by atoms with E-state index in [1.165, 1.54) is 0 Å². The lowest BCUT2D eigenvalue weighted by Gasteiger charge is -2.23. The van der Waals surface area contributed by atoms with Crippen LogP contribution in [0.4, 0.5) is 0 Å². The fourth-order valence-corrected chi connectivity index (χ4v) is 2.86. The minimum atomic E-state index is -0.113. The molecule has 3 N–H and O–H groups in total. The fourth-order valence-electron chi connectivity index (χ4n) is 2.86. The van der Waals surface area contributed by atoms with Gasteiger partial charge in [-0.25, -0.2) is 0 Å². The number of carbonyl (C=O) groups excluding carboxylic acids is 2. The zero-order valence-corrected chi connectivity index (χ0v) is 11.2. The second-order valence-corrected chi connectivity index (χ2v) is 5.81. The lowest BCUT2D eigenvalue weighted by Crippen LogP contribution is -2.41. The average molecular weight is 253 g/mol. The van der Waals surface area contributed by atoms with Gasteiger partial charge in [0.2, 0.25) is 11.8 Å². The van der Waals surface area contributed by atoms with Crippen molar-refractivity contribution in [1.82, 2.24) is 16.0 Å². The summed E-state index contributed by atoms with van der Waals surface area (Å²) in [6.07, 6.45) is 3.17. The number of hydrogen-bond acceptors (Lipinski definition) is 3. The Kier molecular flexibility index (Phi) is 3.90. The van der Waals surface area contributed by atoms with Crippen molar-refractivity contribution in [3.63, 3.8) is 0 Å². The Morgan fingerprint density at radius 1 is 1.33 bits per heavy atom. The normalized spacial score (nSPS) is 24.9. The highest BCUT2D eigenvalue weighted by atomic mass is 16.2. The van der Waals surface area contributed by atoms with Gasteiger partial charge in [-0.05, 0) is 51.6 Å². The quantitative estimate of drug-likeness (QED) is 0.661. The molecule has 102 valence electrons. The van der Waals surface area contributed by atoms with Crippen molar-refractivity contribution in [3.05, 3.63) is 0 Å². The third-order valence-electron chi connectivity index (χ3n) is 3.98. The number of amides is 2. The molecular weight excluding hydrogens is 230 g/mol. The van der Waals surface area contributed by atoms with Gasteiger partial charge in [0.05, 0.1) is 6.54 Å². The van der Waals surface area contributed by atoms with E-state index in [-0.39, 0.29) is 35.7 Å². The molecule has 2 rings (SSSR count). The Hall–Kier alpha value is -1.10. The number of carbonyl (C=O) groups is 2. The van der Waals surface area contributed by atoms with Gasteiger partial charge >= 0.3 is 0 Å². The number of nitrogens with one attached hydrogen (secondary N) is 3. The van der Waals surface area contributed by atoms with Crippen LogP contribution in [0.1, 0.15) is 33.1 Å². The summed E-state index contributed by atoms with van der Waals surface area (Å²) in [4.78, 5) is 23.4. The topological polar surface area (TPSA) is 70.2 Å². The molecule has 2 amide bonds. The summed E-state index contributed by atoms with van der Waals surface area (Å²) in [5.41, 5.74) is 0.240. The van der Waals surface area contributed by atoms with Crippen molar-refractivity contribution in [2.24, 2.45) is 11.3 Å². The molecule has 5 nitrogen and oxygen atoms in total. The third kappa shape index (κ3) is 3.02. The van der Waals surface area contributed by atoms with Crippen molar-refractivity contribution >= 4 is 11.8 Å². The second-order valence-electron chi connectivity index (χ2n) is 5.81. The van der Waals surface area contributed by atoms with Crippen molar-refractivity contribution in [1.29, 1.82) is 0 Å². The Balaban J connectivity index is 1.72. The predicted octanol–water partition coefficient (Wildman–Crippen LogP) is 0.0169. The van der Waals surface area contributed by atoms with E-state index < -0.39 is 0 Å². The molecule has 18 heavy (non-hydrogen) atoms. The molecule has 1 unspecified atom stereocenters. The molecule has 1 spiro atoms. The van der Waals surface area contributed by atoms with Gasteiger partial charge in [-0.1, -0.05) is 0 Å². The molecule has 2 fully saturated rings. The molecule has 0 bridgehead atoms. The van der Waals surface area contributed by atoms with E-state index in [2.05, 4.69) is 16.0 Å². The highest BCUT2D eigenvalue weighted by Crippen LogP contribution is 2.58. The number of rotatable bonds is 4. The first-order valence-electron chi connectivity index (χ1n) is 6.81. The molecule has 1 aliphatic heterocycles. The van der Waals surface area contributed by atoms with E-state index >= 15 is 0 Å². The van der Waals surface area contributed by atoms with E-state index in [1.807, 2.05) is 13.8 Å². The maximum atomic E-state index is 12.0. The SMILES string of the molecule is CC(C)NC(=O)CNC(=O)C1CC12CCNCC2. The van der Waals surface area contributed by atoms with Gasteiger partial charge in [0, 0.05) is 12.0 Å². The molecule has 0 aromatic rings. The summed E-state index contributed by atoms with van der Waals surface area (Å²) in [5, 5.41) is 8.83. The summed E-state index contributed by atoms with van der Waals surface area (Å²) < 4.78 is 0. The molecule has 1 saturated heterocycles. The summed E-state index contributed by atoms with van der Waals surface area (Å²) in [6.45, 7) is 5.94. The van der Waals surface area contributed by atoms with Crippen LogP contribution in [0.15, 0.2) is 0 Å². The van der Waals surface area contributed by atoms with Crippen LogP contribution in [-0.2, 0) is 9.59 Å². The third-order valence-corrected chi connectivity index (χ3v) is 3.98. The molecule has 0 radical (unpaired) electrons. The lowest BCUT2D eigenvalue weighted by molar-refractivity contribution is -0.127. The van der Waals surface area contributed by atoms with E-state index in [0.29, 0.717) is 0 Å². The molecule has 2 aliphatic rings. The first kappa shape index (κ1) is 13.3. The van der Waals surface area contributed by atoms with Crippen LogP contribution in [0, 0.1) is 11.3 Å². The maximum Gasteiger partial charge on any atom is 0.239 e. The number of piperidine rings is 1.